The van der Waals surface area contributed by atoms with Gasteiger partial charge in [0.15, 0.2) is 5.60 Å². The number of rotatable bonds is 14. The van der Waals surface area contributed by atoms with Crippen LogP contribution in [-0.2, 0) is 42.4 Å². The zero-order valence-corrected chi connectivity index (χ0v) is 32.9. The van der Waals surface area contributed by atoms with E-state index in [9.17, 15) is 14.7 Å². The van der Waals surface area contributed by atoms with Crippen LogP contribution >= 0.6 is 0 Å². The van der Waals surface area contributed by atoms with Crippen LogP contribution in [0.25, 0.3) is 0 Å². The number of anilines is 2. The van der Waals surface area contributed by atoms with Gasteiger partial charge in [-0.05, 0) is 68.0 Å². The number of carbonyl (C=O) groups is 3. The highest BCUT2D eigenvalue weighted by molar-refractivity contribution is 6.91. The first-order valence-corrected chi connectivity index (χ1v) is 22.3. The van der Waals surface area contributed by atoms with Crippen molar-refractivity contribution in [1.29, 1.82) is 0 Å². The van der Waals surface area contributed by atoms with Crippen LogP contribution in [0.3, 0.4) is 0 Å². The fourth-order valence-electron chi connectivity index (χ4n) is 8.97. The number of benzene rings is 2. The number of amides is 2. The number of fused-ring (bicyclic) bond motifs is 2. The first kappa shape index (κ1) is 38.6. The lowest BCUT2D eigenvalue weighted by atomic mass is 9.82. The average Bonchev–Trinajstić information content (AvgIpc) is 3.80. The monoisotopic (exact) mass is 745 g/mol. The molecule has 3 aliphatic heterocycles. The molecular formula is C40H55N5O7Si. The van der Waals surface area contributed by atoms with Gasteiger partial charge in [-0.25, -0.2) is 0 Å². The SMILES string of the molecule is COC(=O)CCCCN1C(=O)[C@]2(O[C@H](CCn3cc(CCO)nn3)[C@@H]([Si](C)(C)c3ccc(OC)cc3)[C@@H]2C)c2cc(N3CCCCCCC3=O)ccc21. The molecule has 286 valence electrons. The predicted molar refractivity (Wildman–Crippen MR) is 205 cm³/mol. The van der Waals surface area contributed by atoms with Crippen molar-refractivity contribution < 1.29 is 33.7 Å². The molecule has 4 heterocycles. The highest BCUT2D eigenvalue weighted by Gasteiger charge is 2.66. The molecule has 4 atom stereocenters. The van der Waals surface area contributed by atoms with Gasteiger partial charge in [-0.1, -0.05) is 55.4 Å². The summed E-state index contributed by atoms with van der Waals surface area (Å²) in [5, 5.41) is 19.2. The number of aromatic nitrogens is 3. The van der Waals surface area contributed by atoms with Crippen molar-refractivity contribution in [3.05, 3.63) is 59.9 Å². The van der Waals surface area contributed by atoms with Gasteiger partial charge in [-0.3, -0.25) is 19.1 Å². The van der Waals surface area contributed by atoms with Crippen LogP contribution in [0, 0.1) is 5.92 Å². The van der Waals surface area contributed by atoms with Crippen molar-refractivity contribution in [3.8, 4) is 5.75 Å². The van der Waals surface area contributed by atoms with E-state index in [-0.39, 0.29) is 48.4 Å². The van der Waals surface area contributed by atoms with Crippen molar-refractivity contribution in [2.45, 2.75) is 108 Å². The Kier molecular flexibility index (Phi) is 12.0. The number of aryl methyl sites for hydroxylation is 1. The maximum atomic E-state index is 15.2. The first-order chi connectivity index (χ1) is 25.5. The molecule has 13 heteroatoms. The maximum absolute atomic E-state index is 15.2. The molecule has 6 rings (SSSR count). The van der Waals surface area contributed by atoms with E-state index in [1.165, 1.54) is 12.3 Å². The van der Waals surface area contributed by atoms with Gasteiger partial charge in [0.1, 0.15) is 5.75 Å². The Morgan fingerprint density at radius 2 is 1.81 bits per heavy atom. The summed E-state index contributed by atoms with van der Waals surface area (Å²) in [4.78, 5) is 44.3. The molecule has 0 saturated carbocycles. The number of aliphatic hydroxyl groups excluding tert-OH is 1. The van der Waals surface area contributed by atoms with Crippen LogP contribution in [-0.4, -0.2) is 86.0 Å². The second-order valence-electron chi connectivity index (χ2n) is 15.3. The van der Waals surface area contributed by atoms with E-state index in [0.29, 0.717) is 51.7 Å². The smallest absolute Gasteiger partial charge is 0.305 e. The molecule has 12 nitrogen and oxygen atoms in total. The molecule has 53 heavy (non-hydrogen) atoms. The third-order valence-corrected chi connectivity index (χ3v) is 16.2. The highest BCUT2D eigenvalue weighted by atomic mass is 28.3. The number of nitrogens with zero attached hydrogens (tertiary/aromatic N) is 5. The molecule has 0 unspecified atom stereocenters. The quantitative estimate of drug-likeness (QED) is 0.136. The van der Waals surface area contributed by atoms with Gasteiger partial charge in [0.25, 0.3) is 5.91 Å². The molecule has 2 saturated heterocycles. The number of ether oxygens (including phenoxy) is 3. The fraction of sp³-hybridized carbons (Fsp3) is 0.575. The summed E-state index contributed by atoms with van der Waals surface area (Å²) in [5.41, 5.74) is 1.90. The third kappa shape index (κ3) is 7.65. The van der Waals surface area contributed by atoms with Crippen LogP contribution in [0.2, 0.25) is 18.6 Å². The Bertz CT molecular complexity index is 1760. The van der Waals surface area contributed by atoms with Gasteiger partial charge >= 0.3 is 5.97 Å². The lowest BCUT2D eigenvalue weighted by Gasteiger charge is -2.37. The van der Waals surface area contributed by atoms with Crippen LogP contribution in [0.1, 0.15) is 76.0 Å². The van der Waals surface area contributed by atoms with E-state index in [1.807, 2.05) is 40.3 Å². The molecule has 1 spiro atoms. The average molecular weight is 746 g/mol. The molecule has 2 aromatic carbocycles. The van der Waals surface area contributed by atoms with Crippen molar-refractivity contribution in [2.75, 3.05) is 43.7 Å². The van der Waals surface area contributed by atoms with Gasteiger partial charge in [-0.15, -0.1) is 5.10 Å². The number of esters is 1. The van der Waals surface area contributed by atoms with Gasteiger partial charge in [0, 0.05) is 68.9 Å². The Hall–Kier alpha value is -4.07. The molecule has 3 aliphatic rings. The van der Waals surface area contributed by atoms with Gasteiger partial charge in [0.05, 0.1) is 39.8 Å². The van der Waals surface area contributed by atoms with Crippen molar-refractivity contribution in [2.24, 2.45) is 5.92 Å². The van der Waals surface area contributed by atoms with E-state index in [1.54, 1.807) is 11.8 Å². The summed E-state index contributed by atoms with van der Waals surface area (Å²) in [7, 11) is 0.672. The van der Waals surface area contributed by atoms with Crippen LogP contribution < -0.4 is 19.7 Å². The minimum absolute atomic E-state index is 0.0000869. The summed E-state index contributed by atoms with van der Waals surface area (Å²) in [6.45, 7) is 8.51. The van der Waals surface area contributed by atoms with E-state index in [4.69, 9.17) is 14.2 Å². The predicted octanol–water partition coefficient (Wildman–Crippen LogP) is 5.11. The molecule has 3 aromatic rings. The molecular weight excluding hydrogens is 691 g/mol. The normalized spacial score (nSPS) is 23.3. The van der Waals surface area contributed by atoms with Crippen molar-refractivity contribution >= 4 is 42.4 Å². The lowest BCUT2D eigenvalue weighted by molar-refractivity contribution is -0.146. The van der Waals surface area contributed by atoms with E-state index in [2.05, 4.69) is 48.5 Å². The zero-order chi connectivity index (χ0) is 37.8. The maximum Gasteiger partial charge on any atom is 0.305 e. The molecule has 2 fully saturated rings. The van der Waals surface area contributed by atoms with E-state index in [0.717, 1.165) is 54.1 Å². The molecule has 0 radical (unpaired) electrons. The number of methoxy groups -OCH3 is 2. The number of aliphatic hydroxyl groups is 1. The Labute approximate surface area is 313 Å². The van der Waals surface area contributed by atoms with E-state index >= 15 is 4.79 Å². The second-order valence-corrected chi connectivity index (χ2v) is 20.0. The van der Waals surface area contributed by atoms with E-state index < -0.39 is 13.7 Å². The number of hydrogen-bond acceptors (Lipinski definition) is 9. The Balaban J connectivity index is 1.42. The molecule has 1 aromatic heterocycles. The molecule has 0 bridgehead atoms. The van der Waals surface area contributed by atoms with Crippen LogP contribution in [0.15, 0.2) is 48.7 Å². The zero-order valence-electron chi connectivity index (χ0n) is 31.9. The largest absolute Gasteiger partial charge is 0.497 e. The topological polar surface area (TPSA) is 136 Å². The lowest BCUT2D eigenvalue weighted by Crippen LogP contribution is -2.52. The van der Waals surface area contributed by atoms with Crippen LogP contribution in [0.4, 0.5) is 11.4 Å². The molecule has 0 aliphatic carbocycles. The van der Waals surface area contributed by atoms with Crippen LogP contribution in [0.5, 0.6) is 5.75 Å². The standard InChI is InChI=1S/C40H55N5O7Si/c1-28-38(53(4,5)32-17-15-31(50-2)16-18-32)35(20-24-43-27-29(21-25-46)41-42-43)52-40(28)33-26-30(44-22-10-7-6-8-12-36(44)47)14-19-34(33)45(39(40)49)23-11-9-13-37(48)51-3/h14-19,26-28,35,38,46H,6-13,20-25H2,1-5H3/t28-,35+,38-,40+/m0/s1. The number of carbonyl (C=O) groups excluding carboxylic acids is 3. The summed E-state index contributed by atoms with van der Waals surface area (Å²) in [5.74, 6) is 0.340. The number of unbranched alkanes of at least 4 members (excludes halogenated alkanes) is 1. The van der Waals surface area contributed by atoms with Gasteiger partial charge < -0.3 is 29.1 Å². The fourth-order valence-corrected chi connectivity index (χ4v) is 13.0. The second kappa shape index (κ2) is 16.5. The minimum atomic E-state index is -2.38. The van der Waals surface area contributed by atoms with Crippen molar-refractivity contribution in [3.63, 3.8) is 0 Å². The summed E-state index contributed by atoms with van der Waals surface area (Å²) in [6, 6.07) is 14.3. The highest BCUT2D eigenvalue weighted by Crippen LogP contribution is 2.60. The summed E-state index contributed by atoms with van der Waals surface area (Å²) < 4.78 is 19.5. The molecule has 1 N–H and O–H groups in total. The minimum Gasteiger partial charge on any atom is -0.497 e. The van der Waals surface area contributed by atoms with Crippen molar-refractivity contribution in [1.82, 2.24) is 15.0 Å². The Morgan fingerprint density at radius 1 is 1.04 bits per heavy atom. The van der Waals surface area contributed by atoms with Gasteiger partial charge in [-0.2, -0.15) is 0 Å². The number of hydrogen-bond donors (Lipinski definition) is 1. The molecule has 2 amide bonds. The summed E-state index contributed by atoms with van der Waals surface area (Å²) in [6.07, 6.45) is 8.58. The summed E-state index contributed by atoms with van der Waals surface area (Å²) >= 11 is 0. The third-order valence-electron chi connectivity index (χ3n) is 11.8. The van der Waals surface area contributed by atoms with Gasteiger partial charge in [0.2, 0.25) is 5.91 Å². The Morgan fingerprint density at radius 3 is 2.55 bits per heavy atom. The first-order valence-electron chi connectivity index (χ1n) is 19.2.